The number of aliphatic hydroxyl groups excluding tert-OH is 1. The number of aliphatic hydroxyl groups is 1. The molecule has 0 saturated carbocycles. The maximum atomic E-state index is 12.4. The normalized spacial score (nSPS) is 20.9. The molecule has 2 aromatic rings. The Kier molecular flexibility index (Phi) is 4.29. The first-order chi connectivity index (χ1) is 11.0. The molecule has 0 radical (unpaired) electrons. The van der Waals surface area contributed by atoms with Crippen molar-refractivity contribution < 1.29 is 9.90 Å². The summed E-state index contributed by atoms with van der Waals surface area (Å²) in [5.41, 5.74) is 7.53. The Morgan fingerprint density at radius 2 is 2.26 bits per heavy atom. The molecule has 0 aliphatic carbocycles. The SMILES string of the molecule is Cc1cc(N)n(CC(=O)N2C[C@@H](Cc3ccccn3)[C@H](O)C2)n1. The fourth-order valence-corrected chi connectivity index (χ4v) is 2.97. The number of likely N-dealkylation sites (tertiary alicyclic amines) is 1. The first kappa shape index (κ1) is 15.5. The van der Waals surface area contributed by atoms with Gasteiger partial charge in [0, 0.05) is 37.0 Å². The van der Waals surface area contributed by atoms with Gasteiger partial charge in [-0.1, -0.05) is 6.07 Å². The van der Waals surface area contributed by atoms with Gasteiger partial charge in [0.05, 0.1) is 11.8 Å². The van der Waals surface area contributed by atoms with Crippen LogP contribution in [0.2, 0.25) is 0 Å². The summed E-state index contributed by atoms with van der Waals surface area (Å²) in [5, 5.41) is 14.4. The first-order valence-corrected chi connectivity index (χ1v) is 7.68. The van der Waals surface area contributed by atoms with Crippen molar-refractivity contribution in [3.05, 3.63) is 41.9 Å². The van der Waals surface area contributed by atoms with Gasteiger partial charge in [0.1, 0.15) is 12.4 Å². The Bertz CT molecular complexity index is 685. The minimum Gasteiger partial charge on any atom is -0.391 e. The molecule has 3 heterocycles. The van der Waals surface area contributed by atoms with Gasteiger partial charge in [-0.2, -0.15) is 5.10 Å². The van der Waals surface area contributed by atoms with Crippen LogP contribution in [0.4, 0.5) is 5.82 Å². The number of aromatic nitrogens is 3. The average Bonchev–Trinajstić information content (AvgIpc) is 3.03. The van der Waals surface area contributed by atoms with Crippen molar-refractivity contribution in [2.45, 2.75) is 26.0 Å². The first-order valence-electron chi connectivity index (χ1n) is 7.68. The molecule has 7 nitrogen and oxygen atoms in total. The molecule has 1 saturated heterocycles. The fourth-order valence-electron chi connectivity index (χ4n) is 2.97. The molecule has 3 N–H and O–H groups in total. The van der Waals surface area contributed by atoms with Gasteiger partial charge in [0.2, 0.25) is 5.91 Å². The van der Waals surface area contributed by atoms with Crippen LogP contribution in [0.3, 0.4) is 0 Å². The number of carbonyl (C=O) groups excluding carboxylic acids is 1. The van der Waals surface area contributed by atoms with E-state index in [1.165, 1.54) is 4.68 Å². The lowest BCUT2D eigenvalue weighted by molar-refractivity contribution is -0.131. The number of amides is 1. The quantitative estimate of drug-likeness (QED) is 0.842. The number of carbonyl (C=O) groups is 1. The number of hydrogen-bond acceptors (Lipinski definition) is 5. The molecule has 7 heteroatoms. The van der Waals surface area contributed by atoms with Gasteiger partial charge in [-0.3, -0.25) is 9.78 Å². The van der Waals surface area contributed by atoms with Crippen LogP contribution in [0.1, 0.15) is 11.4 Å². The largest absolute Gasteiger partial charge is 0.391 e. The van der Waals surface area contributed by atoms with Crippen molar-refractivity contribution in [3.8, 4) is 0 Å². The van der Waals surface area contributed by atoms with E-state index in [0.29, 0.717) is 25.3 Å². The van der Waals surface area contributed by atoms with Crippen LogP contribution in [-0.4, -0.2) is 49.9 Å². The summed E-state index contributed by atoms with van der Waals surface area (Å²) in [4.78, 5) is 18.4. The number of aryl methyl sites for hydroxylation is 1. The summed E-state index contributed by atoms with van der Waals surface area (Å²) in [6.07, 6.45) is 1.87. The summed E-state index contributed by atoms with van der Waals surface area (Å²) < 4.78 is 1.50. The number of rotatable bonds is 4. The van der Waals surface area contributed by atoms with Gasteiger partial charge in [-0.25, -0.2) is 4.68 Å². The molecule has 1 aliphatic heterocycles. The molecule has 0 spiro atoms. The van der Waals surface area contributed by atoms with E-state index in [-0.39, 0.29) is 18.4 Å². The highest BCUT2D eigenvalue weighted by Gasteiger charge is 2.34. The predicted molar refractivity (Wildman–Crippen MR) is 85.4 cm³/mol. The van der Waals surface area contributed by atoms with Crippen molar-refractivity contribution in [1.82, 2.24) is 19.7 Å². The molecule has 2 aromatic heterocycles. The molecule has 1 amide bonds. The molecule has 3 rings (SSSR count). The Balaban J connectivity index is 1.61. The maximum Gasteiger partial charge on any atom is 0.244 e. The third-order valence-corrected chi connectivity index (χ3v) is 4.17. The van der Waals surface area contributed by atoms with E-state index in [1.807, 2.05) is 25.1 Å². The van der Waals surface area contributed by atoms with E-state index in [4.69, 9.17) is 5.73 Å². The van der Waals surface area contributed by atoms with Gasteiger partial charge in [-0.15, -0.1) is 0 Å². The van der Waals surface area contributed by atoms with Crippen LogP contribution in [0, 0.1) is 12.8 Å². The van der Waals surface area contributed by atoms with E-state index in [1.54, 1.807) is 17.2 Å². The predicted octanol–water partition coefficient (Wildman–Crippen LogP) is 0.231. The lowest BCUT2D eigenvalue weighted by atomic mass is 10.00. The van der Waals surface area contributed by atoms with Crippen LogP contribution in [0.15, 0.2) is 30.5 Å². The van der Waals surface area contributed by atoms with Gasteiger partial charge in [-0.05, 0) is 25.5 Å². The zero-order valence-electron chi connectivity index (χ0n) is 13.1. The van der Waals surface area contributed by atoms with Gasteiger partial charge >= 0.3 is 0 Å². The number of β-amino-alcohol motifs (C(OH)–C–C–N with tert-alkyl or cyclic N) is 1. The highest BCUT2D eigenvalue weighted by atomic mass is 16.3. The molecule has 0 bridgehead atoms. The van der Waals surface area contributed by atoms with Crippen molar-refractivity contribution in [3.63, 3.8) is 0 Å². The number of nitrogen functional groups attached to an aromatic ring is 1. The Labute approximate surface area is 134 Å². The van der Waals surface area contributed by atoms with E-state index in [2.05, 4.69) is 10.1 Å². The summed E-state index contributed by atoms with van der Waals surface area (Å²) in [6.45, 7) is 2.80. The zero-order valence-corrected chi connectivity index (χ0v) is 13.1. The summed E-state index contributed by atoms with van der Waals surface area (Å²) in [7, 11) is 0. The van der Waals surface area contributed by atoms with E-state index < -0.39 is 6.10 Å². The molecule has 0 unspecified atom stereocenters. The second-order valence-electron chi connectivity index (χ2n) is 6.02. The number of hydrogen-bond donors (Lipinski definition) is 2. The lowest BCUT2D eigenvalue weighted by Gasteiger charge is -2.16. The van der Waals surface area contributed by atoms with Crippen LogP contribution >= 0.6 is 0 Å². The van der Waals surface area contributed by atoms with Crippen LogP contribution in [0.5, 0.6) is 0 Å². The molecule has 0 aromatic carbocycles. The van der Waals surface area contributed by atoms with Crippen LogP contribution in [-0.2, 0) is 17.8 Å². The highest BCUT2D eigenvalue weighted by molar-refractivity contribution is 5.76. The van der Waals surface area contributed by atoms with E-state index in [0.717, 1.165) is 11.4 Å². The molecular weight excluding hydrogens is 294 g/mol. The molecule has 1 fully saturated rings. The molecule has 23 heavy (non-hydrogen) atoms. The van der Waals surface area contributed by atoms with Crippen molar-refractivity contribution >= 4 is 11.7 Å². The Morgan fingerprint density at radius 3 is 2.91 bits per heavy atom. The number of nitrogens with zero attached hydrogens (tertiary/aromatic N) is 4. The zero-order chi connectivity index (χ0) is 16.4. The monoisotopic (exact) mass is 315 g/mol. The summed E-state index contributed by atoms with van der Waals surface area (Å²) in [5.74, 6) is 0.397. The molecule has 2 atom stereocenters. The topological polar surface area (TPSA) is 97.3 Å². The minimum atomic E-state index is -0.530. The van der Waals surface area contributed by atoms with E-state index >= 15 is 0 Å². The summed E-state index contributed by atoms with van der Waals surface area (Å²) >= 11 is 0. The minimum absolute atomic E-state index is 0.00514. The second kappa shape index (κ2) is 6.37. The maximum absolute atomic E-state index is 12.4. The highest BCUT2D eigenvalue weighted by Crippen LogP contribution is 2.21. The number of pyridine rings is 1. The van der Waals surface area contributed by atoms with Crippen LogP contribution < -0.4 is 5.73 Å². The Hall–Kier alpha value is -2.41. The second-order valence-corrected chi connectivity index (χ2v) is 6.02. The van der Waals surface area contributed by atoms with Gasteiger partial charge < -0.3 is 15.7 Å². The number of nitrogens with two attached hydrogens (primary N) is 1. The van der Waals surface area contributed by atoms with Gasteiger partial charge in [0.15, 0.2) is 0 Å². The smallest absolute Gasteiger partial charge is 0.244 e. The summed E-state index contributed by atoms with van der Waals surface area (Å²) in [6, 6.07) is 7.46. The lowest BCUT2D eigenvalue weighted by Crippen LogP contribution is -2.33. The van der Waals surface area contributed by atoms with Gasteiger partial charge in [0.25, 0.3) is 0 Å². The third-order valence-electron chi connectivity index (χ3n) is 4.17. The Morgan fingerprint density at radius 1 is 1.43 bits per heavy atom. The fraction of sp³-hybridized carbons (Fsp3) is 0.438. The molecule has 1 aliphatic rings. The number of anilines is 1. The standard InChI is InChI=1S/C16H21N5O2/c1-11-6-15(17)21(19-11)10-16(23)20-8-12(14(22)9-20)7-13-4-2-3-5-18-13/h2-6,12,14,22H,7-10,17H2,1H3/t12-,14-/m1/s1. The molecular formula is C16H21N5O2. The van der Waals surface area contributed by atoms with Crippen molar-refractivity contribution in [2.75, 3.05) is 18.8 Å². The van der Waals surface area contributed by atoms with E-state index in [9.17, 15) is 9.90 Å². The molecule has 122 valence electrons. The third kappa shape index (κ3) is 3.50. The van der Waals surface area contributed by atoms with Crippen LogP contribution in [0.25, 0.3) is 0 Å². The van der Waals surface area contributed by atoms with Crippen molar-refractivity contribution in [1.29, 1.82) is 0 Å². The van der Waals surface area contributed by atoms with Crippen molar-refractivity contribution in [2.24, 2.45) is 5.92 Å². The average molecular weight is 315 g/mol.